The first kappa shape index (κ1) is 23.7. The quantitative estimate of drug-likeness (QED) is 0.409. The fourth-order valence-electron chi connectivity index (χ4n) is 3.17. The van der Waals surface area contributed by atoms with Crippen LogP contribution in [0.2, 0.25) is 0 Å². The van der Waals surface area contributed by atoms with Crippen molar-refractivity contribution in [2.24, 2.45) is 0 Å². The summed E-state index contributed by atoms with van der Waals surface area (Å²) in [5.41, 5.74) is 1.56. The van der Waals surface area contributed by atoms with Gasteiger partial charge in [-0.25, -0.2) is 13.9 Å². The molecule has 2 aromatic rings. The molecule has 2 aromatic carbocycles. The van der Waals surface area contributed by atoms with E-state index in [1.165, 1.54) is 4.31 Å². The van der Waals surface area contributed by atoms with Crippen LogP contribution in [0.3, 0.4) is 0 Å². The Bertz CT molecular complexity index is 933. The Morgan fingerprint density at radius 3 is 2.32 bits per heavy atom. The zero-order chi connectivity index (χ0) is 22.1. The number of nitrogens with zero attached hydrogens (tertiary/aromatic N) is 2. The Morgan fingerprint density at radius 2 is 1.68 bits per heavy atom. The molecule has 2 N–H and O–H groups in total. The van der Waals surface area contributed by atoms with E-state index in [1.807, 2.05) is 30.3 Å². The third kappa shape index (κ3) is 7.03. The van der Waals surface area contributed by atoms with E-state index in [0.29, 0.717) is 19.8 Å². The standard InChI is InChI=1S/C21H27N3O5S2/c25-21(22-26)10-11-24(13-12-23-14-16-29-17-15-23)31(27,28)20-8-6-19(7-9-20)30-18-4-2-1-3-5-18/h1-9,26H,10-17H2,(H,22,25). The number of rotatable bonds is 10. The normalized spacial score (nSPS) is 15.2. The highest BCUT2D eigenvalue weighted by molar-refractivity contribution is 7.99. The molecule has 1 saturated heterocycles. The van der Waals surface area contributed by atoms with E-state index >= 15 is 0 Å². The molecule has 0 bridgehead atoms. The Labute approximate surface area is 187 Å². The first-order valence-electron chi connectivity index (χ1n) is 10.1. The molecule has 1 fully saturated rings. The van der Waals surface area contributed by atoms with Crippen molar-refractivity contribution >= 4 is 27.7 Å². The van der Waals surface area contributed by atoms with E-state index in [1.54, 1.807) is 41.5 Å². The molecule has 0 saturated carbocycles. The minimum atomic E-state index is -3.79. The van der Waals surface area contributed by atoms with E-state index < -0.39 is 15.9 Å². The fourth-order valence-corrected chi connectivity index (χ4v) is 5.43. The molecular formula is C21H27N3O5S2. The molecule has 1 aliphatic heterocycles. The number of carbonyl (C=O) groups is 1. The third-order valence-electron chi connectivity index (χ3n) is 4.92. The number of carbonyl (C=O) groups excluding carboxylic acids is 1. The minimum Gasteiger partial charge on any atom is -0.379 e. The molecule has 1 heterocycles. The van der Waals surface area contributed by atoms with Gasteiger partial charge in [-0.3, -0.25) is 14.9 Å². The summed E-state index contributed by atoms with van der Waals surface area (Å²) >= 11 is 1.55. The average molecular weight is 466 g/mol. The summed E-state index contributed by atoms with van der Waals surface area (Å²) in [6.07, 6.45) is -0.124. The van der Waals surface area contributed by atoms with Crippen molar-refractivity contribution in [3.05, 3.63) is 54.6 Å². The number of hydrogen-bond acceptors (Lipinski definition) is 7. The number of nitrogens with one attached hydrogen (secondary N) is 1. The zero-order valence-corrected chi connectivity index (χ0v) is 18.8. The highest BCUT2D eigenvalue weighted by Crippen LogP contribution is 2.28. The lowest BCUT2D eigenvalue weighted by Gasteiger charge is -2.29. The summed E-state index contributed by atoms with van der Waals surface area (Å²) in [7, 11) is -3.79. The maximum atomic E-state index is 13.3. The van der Waals surface area contributed by atoms with Crippen molar-refractivity contribution in [3.63, 3.8) is 0 Å². The van der Waals surface area contributed by atoms with Crippen molar-refractivity contribution in [2.45, 2.75) is 21.1 Å². The first-order valence-corrected chi connectivity index (χ1v) is 12.3. The van der Waals surface area contributed by atoms with Crippen LogP contribution < -0.4 is 5.48 Å². The fraction of sp³-hybridized carbons (Fsp3) is 0.381. The Morgan fingerprint density at radius 1 is 1.03 bits per heavy atom. The largest absolute Gasteiger partial charge is 0.379 e. The summed E-state index contributed by atoms with van der Waals surface area (Å²) in [5.74, 6) is -0.624. The van der Waals surface area contributed by atoms with Gasteiger partial charge in [-0.15, -0.1) is 0 Å². The molecule has 0 radical (unpaired) electrons. The van der Waals surface area contributed by atoms with Crippen LogP contribution >= 0.6 is 11.8 Å². The van der Waals surface area contributed by atoms with Gasteiger partial charge in [0.15, 0.2) is 0 Å². The summed E-state index contributed by atoms with van der Waals surface area (Å²) < 4.78 is 33.2. The predicted octanol–water partition coefficient (Wildman–Crippen LogP) is 2.06. The van der Waals surface area contributed by atoms with Gasteiger partial charge in [0.2, 0.25) is 15.9 Å². The number of morpholine rings is 1. The molecule has 0 atom stereocenters. The molecule has 0 aliphatic carbocycles. The van der Waals surface area contributed by atoms with Crippen LogP contribution in [0.15, 0.2) is 69.3 Å². The second-order valence-electron chi connectivity index (χ2n) is 7.03. The first-order chi connectivity index (χ1) is 15.0. The van der Waals surface area contributed by atoms with Gasteiger partial charge in [-0.05, 0) is 36.4 Å². The maximum absolute atomic E-state index is 13.3. The molecule has 1 aliphatic rings. The van der Waals surface area contributed by atoms with Gasteiger partial charge >= 0.3 is 0 Å². The van der Waals surface area contributed by atoms with Gasteiger partial charge in [-0.1, -0.05) is 30.0 Å². The monoisotopic (exact) mass is 465 g/mol. The van der Waals surface area contributed by atoms with Crippen LogP contribution in [0.1, 0.15) is 6.42 Å². The Kier molecular flexibility index (Phi) is 8.88. The molecule has 3 rings (SSSR count). The van der Waals surface area contributed by atoms with Crippen molar-refractivity contribution in [3.8, 4) is 0 Å². The molecule has 0 spiro atoms. The Balaban J connectivity index is 1.71. The van der Waals surface area contributed by atoms with Crippen molar-refractivity contribution < 1.29 is 23.2 Å². The highest BCUT2D eigenvalue weighted by atomic mass is 32.2. The lowest BCUT2D eigenvalue weighted by Crippen LogP contribution is -2.43. The maximum Gasteiger partial charge on any atom is 0.244 e. The van der Waals surface area contributed by atoms with Crippen LogP contribution in [0.25, 0.3) is 0 Å². The van der Waals surface area contributed by atoms with Crippen LogP contribution in [-0.4, -0.2) is 74.7 Å². The lowest BCUT2D eigenvalue weighted by molar-refractivity contribution is -0.129. The number of sulfonamides is 1. The average Bonchev–Trinajstić information content (AvgIpc) is 2.80. The van der Waals surface area contributed by atoms with Gasteiger partial charge < -0.3 is 4.74 Å². The predicted molar refractivity (Wildman–Crippen MR) is 118 cm³/mol. The van der Waals surface area contributed by atoms with Gasteiger partial charge in [0.25, 0.3) is 0 Å². The second kappa shape index (κ2) is 11.6. The van der Waals surface area contributed by atoms with Gasteiger partial charge in [0, 0.05) is 48.9 Å². The number of hydroxylamine groups is 1. The van der Waals surface area contributed by atoms with Crippen LogP contribution in [-0.2, 0) is 19.6 Å². The second-order valence-corrected chi connectivity index (χ2v) is 10.1. The van der Waals surface area contributed by atoms with Crippen LogP contribution in [0, 0.1) is 0 Å². The van der Waals surface area contributed by atoms with Crippen LogP contribution in [0.5, 0.6) is 0 Å². The van der Waals surface area contributed by atoms with Gasteiger partial charge in [-0.2, -0.15) is 4.31 Å². The van der Waals surface area contributed by atoms with Gasteiger partial charge in [0.1, 0.15) is 0 Å². The smallest absolute Gasteiger partial charge is 0.244 e. The molecule has 8 nitrogen and oxygen atoms in total. The van der Waals surface area contributed by atoms with Gasteiger partial charge in [0.05, 0.1) is 18.1 Å². The number of benzene rings is 2. The zero-order valence-electron chi connectivity index (χ0n) is 17.1. The van der Waals surface area contributed by atoms with E-state index in [-0.39, 0.29) is 24.4 Å². The summed E-state index contributed by atoms with van der Waals surface area (Å²) in [6.45, 7) is 3.53. The molecular weight excluding hydrogens is 438 g/mol. The molecule has 31 heavy (non-hydrogen) atoms. The Hall–Kier alpha value is -1.95. The highest BCUT2D eigenvalue weighted by Gasteiger charge is 2.26. The van der Waals surface area contributed by atoms with E-state index in [0.717, 1.165) is 22.9 Å². The molecule has 168 valence electrons. The van der Waals surface area contributed by atoms with Crippen molar-refractivity contribution in [1.82, 2.24) is 14.7 Å². The molecule has 0 unspecified atom stereocenters. The van der Waals surface area contributed by atoms with E-state index in [4.69, 9.17) is 9.94 Å². The topological polar surface area (TPSA) is 99.2 Å². The summed E-state index contributed by atoms with van der Waals surface area (Å²) in [6, 6.07) is 16.6. The van der Waals surface area contributed by atoms with E-state index in [2.05, 4.69) is 4.90 Å². The third-order valence-corrected chi connectivity index (χ3v) is 7.85. The summed E-state index contributed by atoms with van der Waals surface area (Å²) in [4.78, 5) is 15.8. The lowest BCUT2D eigenvalue weighted by atomic mass is 10.4. The number of amides is 1. The SMILES string of the molecule is O=C(CCN(CCN1CCOCC1)S(=O)(=O)c1ccc(Sc2ccccc2)cc1)NO. The number of ether oxygens (including phenoxy) is 1. The molecule has 0 aromatic heterocycles. The van der Waals surface area contributed by atoms with Crippen LogP contribution in [0.4, 0.5) is 0 Å². The molecule has 1 amide bonds. The van der Waals surface area contributed by atoms with E-state index in [9.17, 15) is 13.2 Å². The van der Waals surface area contributed by atoms with Crippen molar-refractivity contribution in [1.29, 1.82) is 0 Å². The minimum absolute atomic E-state index is 0.0143. The van der Waals surface area contributed by atoms with Crippen molar-refractivity contribution in [2.75, 3.05) is 45.9 Å². The summed E-state index contributed by atoms with van der Waals surface area (Å²) in [5, 5.41) is 8.76. The molecule has 10 heteroatoms. The number of hydrogen-bond donors (Lipinski definition) is 2.